The highest BCUT2D eigenvalue weighted by Crippen LogP contribution is 2.26. The normalized spacial score (nSPS) is 24.7. The van der Waals surface area contributed by atoms with Crippen LogP contribution >= 0.6 is 0 Å². The van der Waals surface area contributed by atoms with Crippen LogP contribution in [0.5, 0.6) is 0 Å². The van der Waals surface area contributed by atoms with E-state index in [4.69, 9.17) is 4.42 Å². The Balaban J connectivity index is 1.40. The maximum Gasteiger partial charge on any atom is 0.286 e. The lowest BCUT2D eigenvalue weighted by Crippen LogP contribution is -2.34. The Morgan fingerprint density at radius 3 is 2.75 bits per heavy atom. The van der Waals surface area contributed by atoms with Crippen LogP contribution in [0.4, 0.5) is 0 Å². The van der Waals surface area contributed by atoms with Gasteiger partial charge < -0.3 is 20.0 Å². The van der Waals surface area contributed by atoms with E-state index in [9.17, 15) is 9.59 Å². The van der Waals surface area contributed by atoms with Crippen molar-refractivity contribution in [2.75, 3.05) is 32.7 Å². The van der Waals surface area contributed by atoms with Gasteiger partial charge in [-0.3, -0.25) is 9.59 Å². The van der Waals surface area contributed by atoms with Gasteiger partial charge in [0.05, 0.1) is 6.26 Å². The highest BCUT2D eigenvalue weighted by molar-refractivity contribution is 5.91. The number of carbonyl (C=O) groups is 2. The van der Waals surface area contributed by atoms with E-state index in [1.54, 1.807) is 12.1 Å². The van der Waals surface area contributed by atoms with Gasteiger partial charge >= 0.3 is 0 Å². The van der Waals surface area contributed by atoms with Gasteiger partial charge in [0, 0.05) is 39.1 Å². The van der Waals surface area contributed by atoms with Gasteiger partial charge in [0.15, 0.2) is 5.76 Å². The molecule has 108 valence electrons. The number of likely N-dealkylation sites (tertiary alicyclic amines) is 1. The van der Waals surface area contributed by atoms with Gasteiger partial charge in [0.2, 0.25) is 5.91 Å². The second-order valence-corrected chi connectivity index (χ2v) is 5.46. The fraction of sp³-hybridized carbons (Fsp3) is 0.571. The predicted molar refractivity (Wildman–Crippen MR) is 72.1 cm³/mol. The maximum absolute atomic E-state index is 12.1. The standard InChI is InChI=1S/C14H19N3O3/c18-13(17-8-10-6-15-7-11(10)9-17)3-4-16-14(19)12-2-1-5-20-12/h1-2,5,10-11,15H,3-4,6-9H2,(H,16,19)/t10-,11+. The first-order valence-corrected chi connectivity index (χ1v) is 7.04. The minimum absolute atomic E-state index is 0.124. The zero-order valence-corrected chi connectivity index (χ0v) is 11.3. The van der Waals surface area contributed by atoms with Gasteiger partial charge in [-0.25, -0.2) is 0 Å². The maximum atomic E-state index is 12.1. The van der Waals surface area contributed by atoms with Crippen molar-refractivity contribution in [1.82, 2.24) is 15.5 Å². The first-order valence-electron chi connectivity index (χ1n) is 7.04. The van der Waals surface area contributed by atoms with Gasteiger partial charge in [0.1, 0.15) is 0 Å². The predicted octanol–water partition coefficient (Wildman–Crippen LogP) is 0.0773. The molecule has 0 saturated carbocycles. The summed E-state index contributed by atoms with van der Waals surface area (Å²) >= 11 is 0. The van der Waals surface area contributed by atoms with Crippen LogP contribution in [0, 0.1) is 11.8 Å². The molecule has 1 aromatic heterocycles. The van der Waals surface area contributed by atoms with Crippen LogP contribution in [0.25, 0.3) is 0 Å². The molecule has 0 radical (unpaired) electrons. The number of nitrogens with one attached hydrogen (secondary N) is 2. The molecule has 2 N–H and O–H groups in total. The molecule has 2 amide bonds. The molecular formula is C14H19N3O3. The quantitative estimate of drug-likeness (QED) is 0.817. The Morgan fingerprint density at radius 1 is 1.35 bits per heavy atom. The SMILES string of the molecule is O=C(NCCC(=O)N1C[C@H]2CNC[C@H]2C1)c1ccco1. The molecule has 0 unspecified atom stereocenters. The summed E-state index contributed by atoms with van der Waals surface area (Å²) < 4.78 is 4.99. The van der Waals surface area contributed by atoms with Crippen LogP contribution in [-0.4, -0.2) is 49.4 Å². The number of hydrogen-bond donors (Lipinski definition) is 2. The molecule has 1 aromatic rings. The van der Waals surface area contributed by atoms with Crippen LogP contribution in [0.3, 0.4) is 0 Å². The lowest BCUT2D eigenvalue weighted by molar-refractivity contribution is -0.130. The molecule has 0 bridgehead atoms. The van der Waals surface area contributed by atoms with Crippen molar-refractivity contribution in [2.45, 2.75) is 6.42 Å². The first-order chi connectivity index (χ1) is 9.74. The minimum Gasteiger partial charge on any atom is -0.459 e. The van der Waals surface area contributed by atoms with Gasteiger partial charge in [-0.1, -0.05) is 0 Å². The van der Waals surface area contributed by atoms with Crippen molar-refractivity contribution in [3.8, 4) is 0 Å². The first kappa shape index (κ1) is 13.2. The fourth-order valence-electron chi connectivity index (χ4n) is 2.99. The van der Waals surface area contributed by atoms with Crippen LogP contribution < -0.4 is 10.6 Å². The Hall–Kier alpha value is -1.82. The molecule has 3 rings (SSSR count). The van der Waals surface area contributed by atoms with E-state index in [-0.39, 0.29) is 17.6 Å². The smallest absolute Gasteiger partial charge is 0.286 e. The van der Waals surface area contributed by atoms with E-state index in [1.807, 2.05) is 4.90 Å². The van der Waals surface area contributed by atoms with Crippen LogP contribution in [-0.2, 0) is 4.79 Å². The topological polar surface area (TPSA) is 74.6 Å². The second kappa shape index (κ2) is 5.66. The highest BCUT2D eigenvalue weighted by atomic mass is 16.3. The van der Waals surface area contributed by atoms with E-state index in [0.29, 0.717) is 24.8 Å². The number of rotatable bonds is 4. The van der Waals surface area contributed by atoms with Crippen molar-refractivity contribution in [3.05, 3.63) is 24.2 Å². The van der Waals surface area contributed by atoms with E-state index in [0.717, 1.165) is 26.2 Å². The van der Waals surface area contributed by atoms with Crippen molar-refractivity contribution >= 4 is 11.8 Å². The third-order valence-electron chi connectivity index (χ3n) is 4.11. The van der Waals surface area contributed by atoms with E-state index >= 15 is 0 Å². The molecule has 3 heterocycles. The van der Waals surface area contributed by atoms with Crippen molar-refractivity contribution in [3.63, 3.8) is 0 Å². The lowest BCUT2D eigenvalue weighted by atomic mass is 10.0. The second-order valence-electron chi connectivity index (χ2n) is 5.46. The molecule has 0 aliphatic carbocycles. The average molecular weight is 277 g/mol. The summed E-state index contributed by atoms with van der Waals surface area (Å²) in [4.78, 5) is 25.6. The van der Waals surface area contributed by atoms with E-state index in [2.05, 4.69) is 10.6 Å². The van der Waals surface area contributed by atoms with Crippen molar-refractivity contribution in [2.24, 2.45) is 11.8 Å². The molecule has 2 saturated heterocycles. The Kier molecular flexibility index (Phi) is 3.73. The molecule has 2 aliphatic rings. The summed E-state index contributed by atoms with van der Waals surface area (Å²) in [6.45, 7) is 4.08. The number of fused-ring (bicyclic) bond motifs is 1. The Bertz CT molecular complexity index is 474. The zero-order chi connectivity index (χ0) is 13.9. The molecular weight excluding hydrogens is 258 g/mol. The molecule has 0 aromatic carbocycles. The molecule has 6 nitrogen and oxygen atoms in total. The summed E-state index contributed by atoms with van der Waals surface area (Å²) in [7, 11) is 0. The molecule has 2 atom stereocenters. The summed E-state index contributed by atoms with van der Waals surface area (Å²) in [5, 5.41) is 6.05. The monoisotopic (exact) mass is 277 g/mol. The van der Waals surface area contributed by atoms with Crippen LogP contribution in [0.15, 0.2) is 22.8 Å². The number of nitrogens with zero attached hydrogens (tertiary/aromatic N) is 1. The average Bonchev–Trinajstić information content (AvgIpc) is 3.14. The third-order valence-corrected chi connectivity index (χ3v) is 4.11. The van der Waals surface area contributed by atoms with E-state index in [1.165, 1.54) is 6.26 Å². The molecule has 6 heteroatoms. The van der Waals surface area contributed by atoms with Gasteiger partial charge in [0.25, 0.3) is 5.91 Å². The van der Waals surface area contributed by atoms with Gasteiger partial charge in [-0.05, 0) is 24.0 Å². The van der Waals surface area contributed by atoms with E-state index < -0.39 is 0 Å². The number of amides is 2. The summed E-state index contributed by atoms with van der Waals surface area (Å²) in [5.74, 6) is 1.34. The van der Waals surface area contributed by atoms with Gasteiger partial charge in [-0.2, -0.15) is 0 Å². The molecule has 0 spiro atoms. The van der Waals surface area contributed by atoms with Crippen LogP contribution in [0.1, 0.15) is 17.0 Å². The van der Waals surface area contributed by atoms with Crippen molar-refractivity contribution in [1.29, 1.82) is 0 Å². The number of furan rings is 1. The highest BCUT2D eigenvalue weighted by Gasteiger charge is 2.37. The Labute approximate surface area is 117 Å². The third kappa shape index (κ3) is 2.70. The number of carbonyl (C=O) groups excluding carboxylic acids is 2. The summed E-state index contributed by atoms with van der Waals surface area (Å²) in [6, 6.07) is 3.27. The van der Waals surface area contributed by atoms with Gasteiger partial charge in [-0.15, -0.1) is 0 Å². The summed E-state index contributed by atoms with van der Waals surface area (Å²) in [5.41, 5.74) is 0. The largest absolute Gasteiger partial charge is 0.459 e. The lowest BCUT2D eigenvalue weighted by Gasteiger charge is -2.17. The fourth-order valence-corrected chi connectivity index (χ4v) is 2.99. The molecule has 2 fully saturated rings. The van der Waals surface area contributed by atoms with Crippen molar-refractivity contribution < 1.29 is 14.0 Å². The molecule has 2 aliphatic heterocycles. The number of hydrogen-bond acceptors (Lipinski definition) is 4. The van der Waals surface area contributed by atoms with Crippen LogP contribution in [0.2, 0.25) is 0 Å². The Morgan fingerprint density at radius 2 is 2.10 bits per heavy atom. The summed E-state index contributed by atoms with van der Waals surface area (Å²) in [6.07, 6.45) is 1.80. The minimum atomic E-state index is -0.273. The molecule has 20 heavy (non-hydrogen) atoms. The zero-order valence-electron chi connectivity index (χ0n) is 11.3.